The fraction of sp³-hybridized carbons (Fsp3) is 0.278. The quantitative estimate of drug-likeness (QED) is 0.782. The third kappa shape index (κ3) is 4.38. The van der Waals surface area contributed by atoms with Crippen LogP contribution in [-0.2, 0) is 11.3 Å². The minimum atomic E-state index is -0.457. The highest BCUT2D eigenvalue weighted by Crippen LogP contribution is 2.25. The van der Waals surface area contributed by atoms with E-state index in [4.69, 9.17) is 14.2 Å². The Labute approximate surface area is 140 Å². The number of rotatable bonds is 7. The fourth-order valence-electron chi connectivity index (χ4n) is 2.16. The maximum atomic E-state index is 13.7. The maximum absolute atomic E-state index is 13.7. The van der Waals surface area contributed by atoms with Gasteiger partial charge in [-0.15, -0.1) is 0 Å². The van der Waals surface area contributed by atoms with Gasteiger partial charge in [0.05, 0.1) is 14.2 Å². The van der Waals surface area contributed by atoms with E-state index in [1.807, 2.05) is 6.07 Å². The van der Waals surface area contributed by atoms with E-state index in [0.717, 1.165) is 0 Å². The monoisotopic (exact) mass is 333 g/mol. The van der Waals surface area contributed by atoms with Crippen LogP contribution in [0.4, 0.5) is 4.39 Å². The molecule has 0 atom stereocenters. The van der Waals surface area contributed by atoms with Gasteiger partial charge in [0.15, 0.2) is 29.7 Å². The highest BCUT2D eigenvalue weighted by atomic mass is 19.1. The fourth-order valence-corrected chi connectivity index (χ4v) is 2.16. The van der Waals surface area contributed by atoms with Crippen LogP contribution in [0.25, 0.3) is 0 Å². The van der Waals surface area contributed by atoms with E-state index in [1.54, 1.807) is 31.3 Å². The number of ether oxygens (including phenoxy) is 3. The van der Waals surface area contributed by atoms with E-state index in [-0.39, 0.29) is 24.8 Å². The number of likely N-dealkylation sites (N-methyl/N-ethyl adjacent to an activating group) is 1. The Morgan fingerprint density at radius 3 is 2.33 bits per heavy atom. The second-order valence-corrected chi connectivity index (χ2v) is 5.16. The molecule has 2 rings (SSSR count). The van der Waals surface area contributed by atoms with Crippen LogP contribution in [0.2, 0.25) is 0 Å². The molecular formula is C18H20FNO4. The van der Waals surface area contributed by atoms with Gasteiger partial charge in [-0.3, -0.25) is 4.79 Å². The zero-order valence-corrected chi connectivity index (χ0v) is 13.9. The predicted octanol–water partition coefficient (Wildman–Crippen LogP) is 2.88. The van der Waals surface area contributed by atoms with Crippen molar-refractivity contribution in [2.24, 2.45) is 0 Å². The molecular weight excluding hydrogens is 313 g/mol. The van der Waals surface area contributed by atoms with Crippen LogP contribution in [0.3, 0.4) is 0 Å². The van der Waals surface area contributed by atoms with Crippen LogP contribution < -0.4 is 14.2 Å². The van der Waals surface area contributed by atoms with Crippen LogP contribution in [0.15, 0.2) is 42.5 Å². The molecule has 0 spiro atoms. The van der Waals surface area contributed by atoms with Crippen molar-refractivity contribution in [3.8, 4) is 17.2 Å². The number of para-hydroxylation sites is 2. The first-order valence-corrected chi connectivity index (χ1v) is 7.37. The van der Waals surface area contributed by atoms with E-state index < -0.39 is 5.82 Å². The summed E-state index contributed by atoms with van der Waals surface area (Å²) in [4.78, 5) is 13.6. The Balaban J connectivity index is 1.93. The number of nitrogens with zero attached hydrogens (tertiary/aromatic N) is 1. The Bertz CT molecular complexity index is 705. The van der Waals surface area contributed by atoms with Gasteiger partial charge in [-0.1, -0.05) is 18.2 Å². The minimum absolute atomic E-state index is 0.129. The summed E-state index contributed by atoms with van der Waals surface area (Å²) >= 11 is 0. The SMILES string of the molecule is COc1ccc(CN(C)C(=O)COc2ccccc2OC)cc1F. The van der Waals surface area contributed by atoms with E-state index in [9.17, 15) is 9.18 Å². The first kappa shape index (κ1) is 17.6. The van der Waals surface area contributed by atoms with E-state index in [2.05, 4.69) is 0 Å². The Kier molecular flexibility index (Phi) is 6.01. The molecule has 6 heteroatoms. The second-order valence-electron chi connectivity index (χ2n) is 5.16. The Hall–Kier alpha value is -2.76. The molecule has 0 bridgehead atoms. The van der Waals surface area contributed by atoms with Crippen LogP contribution in [0.5, 0.6) is 17.2 Å². The normalized spacial score (nSPS) is 10.2. The van der Waals surface area contributed by atoms with Crippen molar-refractivity contribution in [3.63, 3.8) is 0 Å². The van der Waals surface area contributed by atoms with E-state index >= 15 is 0 Å². The number of halogens is 1. The molecule has 128 valence electrons. The van der Waals surface area contributed by atoms with Crippen molar-refractivity contribution in [1.82, 2.24) is 4.90 Å². The minimum Gasteiger partial charge on any atom is -0.494 e. The van der Waals surface area contributed by atoms with Crippen molar-refractivity contribution in [2.75, 3.05) is 27.9 Å². The number of carbonyl (C=O) groups is 1. The summed E-state index contributed by atoms with van der Waals surface area (Å²) in [5.74, 6) is 0.549. The van der Waals surface area contributed by atoms with E-state index in [0.29, 0.717) is 17.1 Å². The Morgan fingerprint density at radius 1 is 1.04 bits per heavy atom. The predicted molar refractivity (Wildman–Crippen MR) is 87.9 cm³/mol. The molecule has 2 aromatic carbocycles. The number of hydrogen-bond acceptors (Lipinski definition) is 4. The standard InChI is InChI=1S/C18H20FNO4/c1-20(11-13-8-9-15(22-2)14(19)10-13)18(21)12-24-17-7-5-4-6-16(17)23-3/h4-10H,11-12H2,1-3H3. The largest absolute Gasteiger partial charge is 0.494 e. The number of methoxy groups -OCH3 is 2. The molecule has 0 fully saturated rings. The highest BCUT2D eigenvalue weighted by Gasteiger charge is 2.13. The van der Waals surface area contributed by atoms with Crippen LogP contribution in [0, 0.1) is 5.82 Å². The van der Waals surface area contributed by atoms with E-state index in [1.165, 1.54) is 31.3 Å². The van der Waals surface area contributed by atoms with Gasteiger partial charge in [-0.2, -0.15) is 0 Å². The molecule has 0 aliphatic heterocycles. The summed E-state index contributed by atoms with van der Waals surface area (Å²) in [6, 6.07) is 11.7. The first-order valence-electron chi connectivity index (χ1n) is 7.37. The lowest BCUT2D eigenvalue weighted by Gasteiger charge is -2.18. The Morgan fingerprint density at radius 2 is 1.71 bits per heavy atom. The average molecular weight is 333 g/mol. The van der Waals surface area contributed by atoms with Gasteiger partial charge >= 0.3 is 0 Å². The highest BCUT2D eigenvalue weighted by molar-refractivity contribution is 5.77. The van der Waals surface area contributed by atoms with Crippen LogP contribution >= 0.6 is 0 Å². The maximum Gasteiger partial charge on any atom is 0.260 e. The molecule has 0 saturated carbocycles. The van der Waals surface area contributed by atoms with Crippen molar-refractivity contribution >= 4 is 5.91 Å². The van der Waals surface area contributed by atoms with Crippen LogP contribution in [-0.4, -0.2) is 38.7 Å². The number of hydrogen-bond donors (Lipinski definition) is 0. The smallest absolute Gasteiger partial charge is 0.260 e. The molecule has 0 radical (unpaired) electrons. The van der Waals surface area contributed by atoms with Crippen molar-refractivity contribution < 1.29 is 23.4 Å². The van der Waals surface area contributed by atoms with Gasteiger partial charge in [-0.25, -0.2) is 4.39 Å². The lowest BCUT2D eigenvalue weighted by Crippen LogP contribution is -2.31. The molecule has 0 aliphatic rings. The van der Waals surface area contributed by atoms with Gasteiger partial charge in [-0.05, 0) is 29.8 Å². The molecule has 0 aliphatic carbocycles. The number of carbonyl (C=O) groups excluding carboxylic acids is 1. The van der Waals surface area contributed by atoms with Gasteiger partial charge in [0, 0.05) is 13.6 Å². The third-order valence-corrected chi connectivity index (χ3v) is 3.48. The van der Waals surface area contributed by atoms with Gasteiger partial charge < -0.3 is 19.1 Å². The molecule has 0 saturated heterocycles. The lowest BCUT2D eigenvalue weighted by atomic mass is 10.2. The zero-order chi connectivity index (χ0) is 17.5. The molecule has 0 N–H and O–H groups in total. The number of benzene rings is 2. The third-order valence-electron chi connectivity index (χ3n) is 3.48. The summed E-state index contributed by atoms with van der Waals surface area (Å²) in [7, 11) is 4.58. The topological polar surface area (TPSA) is 48.0 Å². The molecule has 0 unspecified atom stereocenters. The number of amides is 1. The molecule has 0 heterocycles. The summed E-state index contributed by atoms with van der Waals surface area (Å²) < 4.78 is 29.2. The summed E-state index contributed by atoms with van der Waals surface area (Å²) in [5.41, 5.74) is 0.668. The van der Waals surface area contributed by atoms with Gasteiger partial charge in [0.2, 0.25) is 0 Å². The molecule has 0 aromatic heterocycles. The summed E-state index contributed by atoms with van der Waals surface area (Å²) in [6.45, 7) is 0.143. The first-order chi connectivity index (χ1) is 11.5. The molecule has 2 aromatic rings. The van der Waals surface area contributed by atoms with Crippen LogP contribution in [0.1, 0.15) is 5.56 Å². The summed E-state index contributed by atoms with van der Waals surface area (Å²) in [6.07, 6.45) is 0. The van der Waals surface area contributed by atoms with Crippen molar-refractivity contribution in [2.45, 2.75) is 6.54 Å². The summed E-state index contributed by atoms with van der Waals surface area (Å²) in [5, 5.41) is 0. The molecule has 5 nitrogen and oxygen atoms in total. The van der Waals surface area contributed by atoms with Crippen molar-refractivity contribution in [1.29, 1.82) is 0 Å². The molecule has 1 amide bonds. The lowest BCUT2D eigenvalue weighted by molar-refractivity contribution is -0.132. The molecule has 24 heavy (non-hydrogen) atoms. The van der Waals surface area contributed by atoms with Gasteiger partial charge in [0.1, 0.15) is 0 Å². The average Bonchev–Trinajstić information content (AvgIpc) is 2.60. The van der Waals surface area contributed by atoms with Gasteiger partial charge in [0.25, 0.3) is 5.91 Å². The zero-order valence-electron chi connectivity index (χ0n) is 13.9. The second kappa shape index (κ2) is 8.19. The van der Waals surface area contributed by atoms with Crippen molar-refractivity contribution in [3.05, 3.63) is 53.8 Å².